The molecule has 1 saturated heterocycles. The lowest BCUT2D eigenvalue weighted by molar-refractivity contribution is -0.117. The third kappa shape index (κ3) is 3.27. The number of nitrogens with zero attached hydrogens (tertiary/aromatic N) is 1. The van der Waals surface area contributed by atoms with Crippen LogP contribution in [-0.2, 0) is 4.79 Å². The minimum Gasteiger partial charge on any atom is -0.329 e. The van der Waals surface area contributed by atoms with Gasteiger partial charge >= 0.3 is 0 Å². The van der Waals surface area contributed by atoms with E-state index in [0.717, 1.165) is 31.5 Å². The Morgan fingerprint density at radius 3 is 2.74 bits per heavy atom. The van der Waals surface area contributed by atoms with Gasteiger partial charge in [-0.2, -0.15) is 0 Å². The van der Waals surface area contributed by atoms with Crippen LogP contribution in [0.25, 0.3) is 0 Å². The number of hydrogen-bond donors (Lipinski definition) is 2. The number of carbonyl (C=O) groups excluding carboxylic acids is 1. The number of hydrogen-bond acceptors (Lipinski definition) is 3. The number of rotatable bonds is 4. The molecule has 4 nitrogen and oxygen atoms in total. The van der Waals surface area contributed by atoms with Gasteiger partial charge in [-0.3, -0.25) is 9.69 Å². The fourth-order valence-corrected chi connectivity index (χ4v) is 2.35. The van der Waals surface area contributed by atoms with Gasteiger partial charge in [0.2, 0.25) is 5.91 Å². The summed E-state index contributed by atoms with van der Waals surface area (Å²) >= 11 is 0. The molecule has 1 aromatic rings. The fraction of sp³-hybridized carbons (Fsp3) is 0.462. The SMILES string of the molecule is NCC1CCCN1CC(=O)Nc1c(F)cccc1F. The van der Waals surface area contributed by atoms with Crippen LogP contribution in [-0.4, -0.2) is 36.5 Å². The monoisotopic (exact) mass is 269 g/mol. The molecule has 1 heterocycles. The summed E-state index contributed by atoms with van der Waals surface area (Å²) in [7, 11) is 0. The first-order valence-electron chi connectivity index (χ1n) is 6.30. The van der Waals surface area contributed by atoms with E-state index in [2.05, 4.69) is 5.32 Å². The van der Waals surface area contributed by atoms with Gasteiger partial charge in [-0.15, -0.1) is 0 Å². The molecular weight excluding hydrogens is 252 g/mol. The van der Waals surface area contributed by atoms with Gasteiger partial charge in [0.05, 0.1) is 6.54 Å². The molecular formula is C13H17F2N3O. The van der Waals surface area contributed by atoms with Crippen molar-refractivity contribution in [2.45, 2.75) is 18.9 Å². The summed E-state index contributed by atoms with van der Waals surface area (Å²) in [6.45, 7) is 1.38. The molecule has 0 bridgehead atoms. The zero-order valence-electron chi connectivity index (χ0n) is 10.5. The predicted molar refractivity (Wildman–Crippen MR) is 68.6 cm³/mol. The van der Waals surface area contributed by atoms with Crippen molar-refractivity contribution in [1.29, 1.82) is 0 Å². The molecule has 1 aliphatic rings. The van der Waals surface area contributed by atoms with Crippen LogP contribution in [0.5, 0.6) is 0 Å². The van der Waals surface area contributed by atoms with Crippen molar-refractivity contribution in [2.75, 3.05) is 25.0 Å². The maximum atomic E-state index is 13.4. The van der Waals surface area contributed by atoms with Crippen molar-refractivity contribution < 1.29 is 13.6 Å². The van der Waals surface area contributed by atoms with E-state index in [0.29, 0.717) is 6.54 Å². The first-order chi connectivity index (χ1) is 9.11. The number of carbonyl (C=O) groups is 1. The minimum atomic E-state index is -0.773. The van der Waals surface area contributed by atoms with Crippen LogP contribution < -0.4 is 11.1 Å². The Bertz CT molecular complexity index is 447. The number of nitrogens with one attached hydrogen (secondary N) is 1. The molecule has 1 aliphatic heterocycles. The summed E-state index contributed by atoms with van der Waals surface area (Å²) in [6, 6.07) is 3.65. The summed E-state index contributed by atoms with van der Waals surface area (Å²) in [5, 5.41) is 2.28. The Morgan fingerprint density at radius 2 is 2.11 bits per heavy atom. The molecule has 19 heavy (non-hydrogen) atoms. The molecule has 6 heteroatoms. The largest absolute Gasteiger partial charge is 0.329 e. The van der Waals surface area contributed by atoms with Crippen LogP contribution in [0.15, 0.2) is 18.2 Å². The third-order valence-corrected chi connectivity index (χ3v) is 3.35. The number of benzene rings is 1. The molecule has 0 aromatic heterocycles. The highest BCUT2D eigenvalue weighted by atomic mass is 19.1. The summed E-state index contributed by atoms with van der Waals surface area (Å²) in [6.07, 6.45) is 1.95. The number of anilines is 1. The molecule has 1 amide bonds. The van der Waals surface area contributed by atoms with Gasteiger partial charge in [0, 0.05) is 12.6 Å². The number of halogens is 2. The maximum absolute atomic E-state index is 13.4. The van der Waals surface area contributed by atoms with E-state index in [-0.39, 0.29) is 12.6 Å². The van der Waals surface area contributed by atoms with Gasteiger partial charge < -0.3 is 11.1 Å². The highest BCUT2D eigenvalue weighted by molar-refractivity contribution is 5.92. The lowest BCUT2D eigenvalue weighted by Crippen LogP contribution is -2.40. The number of para-hydroxylation sites is 1. The van der Waals surface area contributed by atoms with Crippen LogP contribution in [0.3, 0.4) is 0 Å². The first-order valence-corrected chi connectivity index (χ1v) is 6.30. The number of amides is 1. The van der Waals surface area contributed by atoms with E-state index >= 15 is 0 Å². The highest BCUT2D eigenvalue weighted by Crippen LogP contribution is 2.19. The van der Waals surface area contributed by atoms with Gasteiger partial charge in [0.15, 0.2) is 0 Å². The van der Waals surface area contributed by atoms with E-state index < -0.39 is 23.2 Å². The molecule has 0 aliphatic carbocycles. The second-order valence-corrected chi connectivity index (χ2v) is 4.65. The van der Waals surface area contributed by atoms with Crippen LogP contribution in [0.2, 0.25) is 0 Å². The molecule has 104 valence electrons. The zero-order chi connectivity index (χ0) is 13.8. The average molecular weight is 269 g/mol. The summed E-state index contributed by atoms with van der Waals surface area (Å²) in [5.74, 6) is -1.97. The maximum Gasteiger partial charge on any atom is 0.238 e. The molecule has 2 rings (SSSR count). The van der Waals surface area contributed by atoms with Gasteiger partial charge in [-0.05, 0) is 31.5 Å². The smallest absolute Gasteiger partial charge is 0.238 e. The lowest BCUT2D eigenvalue weighted by Gasteiger charge is -2.22. The van der Waals surface area contributed by atoms with E-state index in [1.54, 1.807) is 0 Å². The summed E-state index contributed by atoms with van der Waals surface area (Å²) < 4.78 is 26.8. The Hall–Kier alpha value is -1.53. The van der Waals surface area contributed by atoms with E-state index in [1.807, 2.05) is 4.90 Å². The standard InChI is InChI=1S/C13H17F2N3O/c14-10-4-1-5-11(15)13(10)17-12(19)8-18-6-2-3-9(18)7-16/h1,4-5,9H,2-3,6-8,16H2,(H,17,19). The molecule has 0 radical (unpaired) electrons. The Labute approximate surface area is 110 Å². The normalized spacial score (nSPS) is 19.6. The Balaban J connectivity index is 1.98. The van der Waals surface area contributed by atoms with Crippen molar-refractivity contribution in [3.05, 3.63) is 29.8 Å². The summed E-state index contributed by atoms with van der Waals surface area (Å²) in [4.78, 5) is 13.7. The van der Waals surface area contributed by atoms with Crippen LogP contribution in [0, 0.1) is 11.6 Å². The topological polar surface area (TPSA) is 58.4 Å². The Kier molecular flexibility index (Phi) is 4.44. The van der Waals surface area contributed by atoms with Crippen molar-refractivity contribution in [3.63, 3.8) is 0 Å². The summed E-state index contributed by atoms with van der Waals surface area (Å²) in [5.41, 5.74) is 5.21. The lowest BCUT2D eigenvalue weighted by atomic mass is 10.2. The molecule has 1 fully saturated rings. The van der Waals surface area contributed by atoms with Crippen LogP contribution in [0.1, 0.15) is 12.8 Å². The van der Waals surface area contributed by atoms with Crippen molar-refractivity contribution in [3.8, 4) is 0 Å². The van der Waals surface area contributed by atoms with E-state index in [9.17, 15) is 13.6 Å². The predicted octanol–water partition coefficient (Wildman–Crippen LogP) is 1.33. The molecule has 1 unspecified atom stereocenters. The second-order valence-electron chi connectivity index (χ2n) is 4.65. The molecule has 0 spiro atoms. The Morgan fingerprint density at radius 1 is 1.42 bits per heavy atom. The average Bonchev–Trinajstić information content (AvgIpc) is 2.81. The van der Waals surface area contributed by atoms with Crippen molar-refractivity contribution in [1.82, 2.24) is 4.90 Å². The third-order valence-electron chi connectivity index (χ3n) is 3.35. The van der Waals surface area contributed by atoms with Crippen molar-refractivity contribution >= 4 is 11.6 Å². The zero-order valence-corrected chi connectivity index (χ0v) is 10.5. The van der Waals surface area contributed by atoms with Gasteiger partial charge in [-0.1, -0.05) is 6.07 Å². The van der Waals surface area contributed by atoms with E-state index in [4.69, 9.17) is 5.73 Å². The quantitative estimate of drug-likeness (QED) is 0.867. The van der Waals surface area contributed by atoms with Gasteiger partial charge in [0.1, 0.15) is 17.3 Å². The van der Waals surface area contributed by atoms with Gasteiger partial charge in [-0.25, -0.2) is 8.78 Å². The second kappa shape index (κ2) is 6.08. The molecule has 1 aromatic carbocycles. The molecule has 1 atom stereocenters. The van der Waals surface area contributed by atoms with Crippen LogP contribution in [0.4, 0.5) is 14.5 Å². The molecule has 0 saturated carbocycles. The minimum absolute atomic E-state index is 0.107. The van der Waals surface area contributed by atoms with Gasteiger partial charge in [0.25, 0.3) is 0 Å². The molecule has 3 N–H and O–H groups in total. The highest BCUT2D eigenvalue weighted by Gasteiger charge is 2.25. The van der Waals surface area contributed by atoms with Crippen molar-refractivity contribution in [2.24, 2.45) is 5.73 Å². The van der Waals surface area contributed by atoms with Crippen LogP contribution >= 0.6 is 0 Å². The number of nitrogens with two attached hydrogens (primary N) is 1. The van der Waals surface area contributed by atoms with E-state index in [1.165, 1.54) is 6.07 Å². The number of likely N-dealkylation sites (tertiary alicyclic amines) is 1. The first kappa shape index (κ1) is 13.9. The fourth-order valence-electron chi connectivity index (χ4n) is 2.35.